The Bertz CT molecular complexity index is 305. The molecule has 5 heteroatoms. The smallest absolute Gasteiger partial charge is 0.290 e. The van der Waals surface area contributed by atoms with E-state index in [1.165, 1.54) is 12.4 Å². The summed E-state index contributed by atoms with van der Waals surface area (Å²) in [4.78, 5) is 17.6. The number of anilines is 1. The zero-order valence-electron chi connectivity index (χ0n) is 7.58. The number of hydrogen-bond donors (Lipinski definition) is 3. The van der Waals surface area contributed by atoms with Crippen molar-refractivity contribution in [2.45, 2.75) is 19.4 Å². The van der Waals surface area contributed by atoms with Crippen molar-refractivity contribution in [1.82, 2.24) is 9.97 Å². The molecule has 1 rings (SSSR count). The van der Waals surface area contributed by atoms with Gasteiger partial charge in [-0.15, -0.1) is 0 Å². The first-order valence-electron chi connectivity index (χ1n) is 4.28. The summed E-state index contributed by atoms with van der Waals surface area (Å²) >= 11 is 0. The van der Waals surface area contributed by atoms with Gasteiger partial charge in [0.2, 0.25) is 0 Å². The van der Waals surface area contributed by atoms with Crippen LogP contribution in [-0.4, -0.2) is 22.6 Å². The molecule has 0 bridgehead atoms. The molecule has 0 fully saturated rings. The fourth-order valence-electron chi connectivity index (χ4n) is 0.976. The van der Waals surface area contributed by atoms with Gasteiger partial charge >= 0.3 is 0 Å². The monoisotopic (exact) mass is 182 g/mol. The van der Waals surface area contributed by atoms with E-state index in [9.17, 15) is 4.79 Å². The summed E-state index contributed by atoms with van der Waals surface area (Å²) in [6.07, 6.45) is 3.90. The lowest BCUT2D eigenvalue weighted by atomic mass is 10.2. The fraction of sp³-hybridized carbons (Fsp3) is 0.500. The summed E-state index contributed by atoms with van der Waals surface area (Å²) in [5.41, 5.74) is 5.27. The van der Waals surface area contributed by atoms with Crippen LogP contribution < -0.4 is 16.6 Å². The van der Waals surface area contributed by atoms with Crippen LogP contribution in [0.4, 0.5) is 5.82 Å². The lowest BCUT2D eigenvalue weighted by molar-refractivity contribution is 0.698. The summed E-state index contributed by atoms with van der Waals surface area (Å²) in [5.74, 6) is 0.333. The Kier molecular flexibility index (Phi) is 3.45. The maximum absolute atomic E-state index is 11.2. The van der Waals surface area contributed by atoms with Gasteiger partial charge in [-0.3, -0.25) is 4.79 Å². The van der Waals surface area contributed by atoms with Crippen LogP contribution in [0.2, 0.25) is 0 Å². The van der Waals surface area contributed by atoms with E-state index in [0.29, 0.717) is 12.4 Å². The van der Waals surface area contributed by atoms with Gasteiger partial charge in [0, 0.05) is 25.0 Å². The zero-order valence-corrected chi connectivity index (χ0v) is 7.58. The first kappa shape index (κ1) is 9.73. The van der Waals surface area contributed by atoms with Crippen LogP contribution in [0.1, 0.15) is 13.3 Å². The predicted octanol–water partition coefficient (Wildman–Crippen LogP) is -0.0809. The molecule has 72 valence electrons. The molecule has 13 heavy (non-hydrogen) atoms. The van der Waals surface area contributed by atoms with Gasteiger partial charge in [0.05, 0.1) is 0 Å². The van der Waals surface area contributed by atoms with Gasteiger partial charge in [-0.1, -0.05) is 6.92 Å². The summed E-state index contributed by atoms with van der Waals surface area (Å²) in [6, 6.07) is 0.107. The van der Waals surface area contributed by atoms with Crippen LogP contribution in [0.5, 0.6) is 0 Å². The quantitative estimate of drug-likeness (QED) is 0.608. The van der Waals surface area contributed by atoms with Crippen LogP contribution in [0.15, 0.2) is 17.2 Å². The molecule has 1 aromatic rings. The standard InChI is InChI=1S/C8H14N4O/c1-2-6(5-9)12-7-8(13)11-4-3-10-7/h3-4,6H,2,5,9H2,1H3,(H,10,12)(H,11,13). The van der Waals surface area contributed by atoms with Gasteiger partial charge in [0.15, 0.2) is 5.82 Å². The lowest BCUT2D eigenvalue weighted by Gasteiger charge is -2.13. The van der Waals surface area contributed by atoms with Crippen LogP contribution in [0.3, 0.4) is 0 Å². The average molecular weight is 182 g/mol. The van der Waals surface area contributed by atoms with E-state index >= 15 is 0 Å². The number of aromatic amines is 1. The molecule has 1 unspecified atom stereocenters. The Labute approximate surface area is 76.4 Å². The number of H-pyrrole nitrogens is 1. The highest BCUT2D eigenvalue weighted by Gasteiger charge is 2.05. The summed E-state index contributed by atoms with van der Waals surface area (Å²) in [5, 5.41) is 2.97. The first-order chi connectivity index (χ1) is 6.27. The van der Waals surface area contributed by atoms with Crippen molar-refractivity contribution in [3.63, 3.8) is 0 Å². The number of hydrogen-bond acceptors (Lipinski definition) is 4. The molecule has 1 atom stereocenters. The second-order valence-corrected chi connectivity index (χ2v) is 2.75. The van der Waals surface area contributed by atoms with Crippen molar-refractivity contribution in [2.75, 3.05) is 11.9 Å². The van der Waals surface area contributed by atoms with E-state index in [4.69, 9.17) is 5.73 Å². The molecule has 0 radical (unpaired) electrons. The Morgan fingerprint density at radius 3 is 3.08 bits per heavy atom. The van der Waals surface area contributed by atoms with Crippen molar-refractivity contribution in [2.24, 2.45) is 5.73 Å². The van der Waals surface area contributed by atoms with Gasteiger partial charge in [-0.2, -0.15) is 0 Å². The number of nitrogens with one attached hydrogen (secondary N) is 2. The van der Waals surface area contributed by atoms with Gasteiger partial charge in [-0.25, -0.2) is 4.98 Å². The first-order valence-corrected chi connectivity index (χ1v) is 4.28. The van der Waals surface area contributed by atoms with Crippen LogP contribution in [0.25, 0.3) is 0 Å². The topological polar surface area (TPSA) is 83.8 Å². The molecular weight excluding hydrogens is 168 g/mol. The van der Waals surface area contributed by atoms with E-state index in [0.717, 1.165) is 6.42 Å². The molecule has 1 heterocycles. The molecule has 0 aliphatic rings. The molecule has 0 aliphatic carbocycles. The second kappa shape index (κ2) is 4.61. The summed E-state index contributed by atoms with van der Waals surface area (Å²) in [6.45, 7) is 2.49. The minimum atomic E-state index is -0.214. The predicted molar refractivity (Wildman–Crippen MR) is 51.6 cm³/mol. The van der Waals surface area contributed by atoms with Crippen LogP contribution >= 0.6 is 0 Å². The molecule has 0 amide bonds. The summed E-state index contributed by atoms with van der Waals surface area (Å²) in [7, 11) is 0. The second-order valence-electron chi connectivity index (χ2n) is 2.75. The Morgan fingerprint density at radius 1 is 1.77 bits per heavy atom. The molecular formula is C8H14N4O. The van der Waals surface area contributed by atoms with Gasteiger partial charge in [0.1, 0.15) is 0 Å². The largest absolute Gasteiger partial charge is 0.361 e. The third-order valence-corrected chi connectivity index (χ3v) is 1.83. The van der Waals surface area contributed by atoms with Crippen molar-refractivity contribution in [3.05, 3.63) is 22.7 Å². The van der Waals surface area contributed by atoms with Crippen molar-refractivity contribution < 1.29 is 0 Å². The minimum Gasteiger partial charge on any atom is -0.361 e. The van der Waals surface area contributed by atoms with Gasteiger partial charge < -0.3 is 16.0 Å². The third-order valence-electron chi connectivity index (χ3n) is 1.83. The Balaban J connectivity index is 2.73. The van der Waals surface area contributed by atoms with Crippen molar-refractivity contribution in [3.8, 4) is 0 Å². The maximum atomic E-state index is 11.2. The fourth-order valence-corrected chi connectivity index (χ4v) is 0.976. The molecule has 1 aromatic heterocycles. The maximum Gasteiger partial charge on any atom is 0.290 e. The molecule has 0 saturated carbocycles. The van der Waals surface area contributed by atoms with E-state index < -0.39 is 0 Å². The lowest BCUT2D eigenvalue weighted by Crippen LogP contribution is -2.31. The molecule has 0 aliphatic heterocycles. The molecule has 0 aromatic carbocycles. The summed E-state index contributed by atoms with van der Waals surface area (Å²) < 4.78 is 0. The number of rotatable bonds is 4. The molecule has 0 spiro atoms. The third kappa shape index (κ3) is 2.55. The molecule has 0 saturated heterocycles. The van der Waals surface area contributed by atoms with Crippen molar-refractivity contribution >= 4 is 5.82 Å². The Hall–Kier alpha value is -1.36. The van der Waals surface area contributed by atoms with Crippen LogP contribution in [0, 0.1) is 0 Å². The average Bonchev–Trinajstić information content (AvgIpc) is 2.17. The van der Waals surface area contributed by atoms with E-state index in [1.54, 1.807) is 0 Å². The highest BCUT2D eigenvalue weighted by molar-refractivity contribution is 5.31. The Morgan fingerprint density at radius 2 is 2.54 bits per heavy atom. The van der Waals surface area contributed by atoms with Gasteiger partial charge in [0.25, 0.3) is 5.56 Å². The van der Waals surface area contributed by atoms with Crippen LogP contribution in [-0.2, 0) is 0 Å². The van der Waals surface area contributed by atoms with E-state index in [2.05, 4.69) is 15.3 Å². The highest BCUT2D eigenvalue weighted by atomic mass is 16.1. The van der Waals surface area contributed by atoms with Crippen molar-refractivity contribution in [1.29, 1.82) is 0 Å². The molecule has 5 nitrogen and oxygen atoms in total. The zero-order chi connectivity index (χ0) is 9.68. The number of nitrogens with two attached hydrogens (primary N) is 1. The highest BCUT2D eigenvalue weighted by Crippen LogP contribution is 1.97. The number of aromatic nitrogens is 2. The molecule has 4 N–H and O–H groups in total. The number of nitrogens with zero attached hydrogens (tertiary/aromatic N) is 1. The minimum absolute atomic E-state index is 0.107. The normalized spacial score (nSPS) is 12.5. The van der Waals surface area contributed by atoms with E-state index in [1.807, 2.05) is 6.92 Å². The van der Waals surface area contributed by atoms with E-state index in [-0.39, 0.29) is 11.6 Å². The SMILES string of the molecule is CCC(CN)Nc1ncc[nH]c1=O. The van der Waals surface area contributed by atoms with Gasteiger partial charge in [-0.05, 0) is 6.42 Å².